The van der Waals surface area contributed by atoms with Crippen LogP contribution in [0.1, 0.15) is 0 Å². The zero-order valence-electron chi connectivity index (χ0n) is 22.9. The lowest BCUT2D eigenvalue weighted by Crippen LogP contribution is -2.01. The van der Waals surface area contributed by atoms with E-state index in [1.165, 1.54) is 65.5 Å². The van der Waals surface area contributed by atoms with Gasteiger partial charge in [0, 0.05) is 27.2 Å². The number of fused-ring (bicyclic) bond motifs is 8. The largest absolute Gasteiger partial charge is 0.308 e. The van der Waals surface area contributed by atoms with E-state index in [2.05, 4.69) is 167 Å². The normalized spacial score (nSPS) is 11.8. The standard InChI is InChI=1S/C40H26N2/c1-2-11-27(12-3-1)28-21-23-31(24-22-28)41-36-19-8-6-15-32(36)34-17-10-18-35-33-16-7-9-20-37(33)42(40(34)35)39-26-30-14-5-4-13-29(30)25-38(39)41/h1-26H. The number of hydrogen-bond donors (Lipinski definition) is 0. The summed E-state index contributed by atoms with van der Waals surface area (Å²) in [6, 6.07) is 57.4. The van der Waals surface area contributed by atoms with Gasteiger partial charge in [0.15, 0.2) is 0 Å². The van der Waals surface area contributed by atoms with E-state index in [0.717, 1.165) is 11.2 Å². The van der Waals surface area contributed by atoms with Gasteiger partial charge in [0.2, 0.25) is 0 Å². The van der Waals surface area contributed by atoms with Crippen molar-refractivity contribution in [3.05, 3.63) is 158 Å². The average Bonchev–Trinajstić information content (AvgIpc) is 3.39. The smallest absolute Gasteiger partial charge is 0.0709 e. The molecular weight excluding hydrogens is 508 g/mol. The van der Waals surface area contributed by atoms with Crippen LogP contribution in [0.5, 0.6) is 0 Å². The molecule has 9 rings (SSSR count). The number of benzene rings is 7. The van der Waals surface area contributed by atoms with Gasteiger partial charge in [0.25, 0.3) is 0 Å². The number of aromatic nitrogens is 2. The quantitative estimate of drug-likeness (QED) is 0.209. The first-order valence-corrected chi connectivity index (χ1v) is 14.5. The Bertz CT molecular complexity index is 2500. The molecule has 0 fully saturated rings. The first kappa shape index (κ1) is 23.1. The summed E-state index contributed by atoms with van der Waals surface area (Å²) in [6.45, 7) is 0. The summed E-state index contributed by atoms with van der Waals surface area (Å²) >= 11 is 0. The summed E-state index contributed by atoms with van der Waals surface area (Å²) in [5.74, 6) is 0. The van der Waals surface area contributed by atoms with Crippen molar-refractivity contribution in [2.45, 2.75) is 0 Å². The summed E-state index contributed by atoms with van der Waals surface area (Å²) in [4.78, 5) is 0. The van der Waals surface area contributed by atoms with E-state index < -0.39 is 0 Å². The van der Waals surface area contributed by atoms with Crippen LogP contribution in [0, 0.1) is 0 Å². The van der Waals surface area contributed by atoms with Gasteiger partial charge in [-0.1, -0.05) is 121 Å². The number of para-hydroxylation sites is 3. The van der Waals surface area contributed by atoms with Crippen molar-refractivity contribution in [3.63, 3.8) is 0 Å². The molecule has 7 aromatic carbocycles. The van der Waals surface area contributed by atoms with Crippen LogP contribution in [-0.4, -0.2) is 8.97 Å². The topological polar surface area (TPSA) is 9.34 Å². The SMILES string of the molecule is c1ccc(-c2ccc(-n3c4ccccc4c4cccc5c6ccccc6n(c6cc7ccccc7cc63)c45)cc2)cc1. The molecule has 0 atom stereocenters. The Balaban J connectivity index is 1.55. The molecule has 0 bridgehead atoms. The second kappa shape index (κ2) is 8.95. The van der Waals surface area contributed by atoms with E-state index in [4.69, 9.17) is 0 Å². The van der Waals surface area contributed by atoms with Crippen molar-refractivity contribution in [1.29, 1.82) is 0 Å². The summed E-state index contributed by atoms with van der Waals surface area (Å²) < 4.78 is 4.94. The molecule has 2 heteroatoms. The van der Waals surface area contributed by atoms with Gasteiger partial charge >= 0.3 is 0 Å². The predicted octanol–water partition coefficient (Wildman–Crippen LogP) is 10.7. The molecule has 0 aliphatic carbocycles. The number of hydrogen-bond acceptors (Lipinski definition) is 0. The average molecular weight is 535 g/mol. The highest BCUT2D eigenvalue weighted by Crippen LogP contribution is 2.38. The Hall–Kier alpha value is -5.60. The van der Waals surface area contributed by atoms with Crippen LogP contribution in [0.3, 0.4) is 0 Å². The van der Waals surface area contributed by atoms with Crippen LogP contribution in [0.25, 0.3) is 76.7 Å². The monoisotopic (exact) mass is 534 g/mol. The Morgan fingerprint density at radius 2 is 0.857 bits per heavy atom. The van der Waals surface area contributed by atoms with Gasteiger partial charge in [0.1, 0.15) is 0 Å². The minimum atomic E-state index is 1.13. The third kappa shape index (κ3) is 3.33. The van der Waals surface area contributed by atoms with Crippen LogP contribution in [0.15, 0.2) is 158 Å². The maximum Gasteiger partial charge on any atom is 0.0709 e. The molecule has 0 aliphatic heterocycles. The lowest BCUT2D eigenvalue weighted by atomic mass is 10.0. The lowest BCUT2D eigenvalue weighted by Gasteiger charge is -2.18. The molecule has 0 radical (unpaired) electrons. The molecule has 0 aliphatic rings. The highest BCUT2D eigenvalue weighted by atomic mass is 15.0. The summed E-state index contributed by atoms with van der Waals surface area (Å²) in [6.07, 6.45) is 0. The van der Waals surface area contributed by atoms with Gasteiger partial charge in [0.05, 0.1) is 27.6 Å². The van der Waals surface area contributed by atoms with Gasteiger partial charge < -0.3 is 8.97 Å². The molecule has 2 nitrogen and oxygen atoms in total. The van der Waals surface area contributed by atoms with Crippen LogP contribution < -0.4 is 0 Å². The molecule has 0 amide bonds. The Morgan fingerprint density at radius 3 is 1.57 bits per heavy atom. The summed E-state index contributed by atoms with van der Waals surface area (Å²) in [7, 11) is 0. The van der Waals surface area contributed by atoms with Crippen molar-refractivity contribution < 1.29 is 0 Å². The van der Waals surface area contributed by atoms with Gasteiger partial charge in [-0.3, -0.25) is 0 Å². The molecule has 2 heterocycles. The molecule has 2 aromatic heterocycles. The van der Waals surface area contributed by atoms with Gasteiger partial charge in [-0.25, -0.2) is 0 Å². The number of nitrogens with zero attached hydrogens (tertiary/aromatic N) is 2. The second-order valence-corrected chi connectivity index (χ2v) is 11.0. The fourth-order valence-electron chi connectivity index (χ4n) is 6.80. The van der Waals surface area contributed by atoms with Crippen molar-refractivity contribution >= 4 is 59.9 Å². The van der Waals surface area contributed by atoms with Gasteiger partial charge in [-0.2, -0.15) is 0 Å². The molecule has 42 heavy (non-hydrogen) atoms. The fraction of sp³-hybridized carbons (Fsp3) is 0. The van der Waals surface area contributed by atoms with Crippen LogP contribution >= 0.6 is 0 Å². The third-order valence-corrected chi connectivity index (χ3v) is 8.69. The Morgan fingerprint density at radius 1 is 0.333 bits per heavy atom. The highest BCUT2D eigenvalue weighted by molar-refractivity contribution is 6.20. The van der Waals surface area contributed by atoms with Crippen LogP contribution in [0.4, 0.5) is 0 Å². The highest BCUT2D eigenvalue weighted by Gasteiger charge is 2.17. The van der Waals surface area contributed by atoms with Crippen LogP contribution in [0.2, 0.25) is 0 Å². The zero-order chi connectivity index (χ0) is 27.6. The van der Waals surface area contributed by atoms with Crippen molar-refractivity contribution in [2.75, 3.05) is 0 Å². The maximum absolute atomic E-state index is 2.49. The third-order valence-electron chi connectivity index (χ3n) is 8.69. The molecular formula is C40H26N2. The van der Waals surface area contributed by atoms with Gasteiger partial charge in [-0.15, -0.1) is 0 Å². The molecule has 9 aromatic rings. The lowest BCUT2D eigenvalue weighted by molar-refractivity contribution is 1.16. The Labute approximate surface area is 243 Å². The zero-order valence-corrected chi connectivity index (χ0v) is 22.9. The maximum atomic E-state index is 2.49. The van der Waals surface area contributed by atoms with E-state index >= 15 is 0 Å². The molecule has 0 N–H and O–H groups in total. The van der Waals surface area contributed by atoms with Crippen molar-refractivity contribution in [3.8, 4) is 16.8 Å². The van der Waals surface area contributed by atoms with Crippen LogP contribution in [-0.2, 0) is 0 Å². The van der Waals surface area contributed by atoms with E-state index in [1.54, 1.807) is 0 Å². The minimum Gasteiger partial charge on any atom is -0.308 e. The molecule has 0 saturated heterocycles. The molecule has 0 saturated carbocycles. The summed E-state index contributed by atoms with van der Waals surface area (Å²) in [5.41, 5.74) is 9.54. The Kier molecular flexibility index (Phi) is 4.93. The van der Waals surface area contributed by atoms with E-state index in [0.29, 0.717) is 0 Å². The van der Waals surface area contributed by atoms with Crippen molar-refractivity contribution in [2.24, 2.45) is 0 Å². The second-order valence-electron chi connectivity index (χ2n) is 11.0. The van der Waals surface area contributed by atoms with E-state index in [9.17, 15) is 0 Å². The van der Waals surface area contributed by atoms with E-state index in [1.807, 2.05) is 0 Å². The summed E-state index contributed by atoms with van der Waals surface area (Å²) in [5, 5.41) is 7.46. The fourth-order valence-corrected chi connectivity index (χ4v) is 6.80. The molecule has 0 unspecified atom stereocenters. The van der Waals surface area contributed by atoms with Crippen molar-refractivity contribution in [1.82, 2.24) is 8.97 Å². The molecule has 0 spiro atoms. The predicted molar refractivity (Wildman–Crippen MR) is 179 cm³/mol. The first-order chi connectivity index (χ1) is 20.8. The molecule has 196 valence electrons. The minimum absolute atomic E-state index is 1.13. The van der Waals surface area contributed by atoms with E-state index in [-0.39, 0.29) is 0 Å². The first-order valence-electron chi connectivity index (χ1n) is 14.5. The number of rotatable bonds is 2. The van der Waals surface area contributed by atoms with Gasteiger partial charge in [-0.05, 0) is 58.3 Å².